The molecule has 0 aliphatic carbocycles. The van der Waals surface area contributed by atoms with Gasteiger partial charge in [0.2, 0.25) is 0 Å². The van der Waals surface area contributed by atoms with E-state index >= 15 is 0 Å². The highest BCUT2D eigenvalue weighted by Gasteiger charge is 2.30. The predicted octanol–water partition coefficient (Wildman–Crippen LogP) is 2.44. The van der Waals surface area contributed by atoms with Crippen molar-refractivity contribution in [1.29, 1.82) is 0 Å². The van der Waals surface area contributed by atoms with Crippen LogP contribution in [0.5, 0.6) is 0 Å². The van der Waals surface area contributed by atoms with Crippen LogP contribution in [0.2, 0.25) is 0 Å². The van der Waals surface area contributed by atoms with E-state index in [1.807, 2.05) is 4.90 Å². The first-order chi connectivity index (χ1) is 10.1. The molecule has 2 N–H and O–H groups in total. The molecule has 2 unspecified atom stereocenters. The van der Waals surface area contributed by atoms with E-state index in [1.165, 1.54) is 24.2 Å². The number of thiazole rings is 1. The molecule has 0 spiro atoms. The zero-order valence-electron chi connectivity index (χ0n) is 12.8. The summed E-state index contributed by atoms with van der Waals surface area (Å²) < 4.78 is 0. The summed E-state index contributed by atoms with van der Waals surface area (Å²) in [6.07, 6.45) is 3.47. The molecule has 0 bridgehead atoms. The summed E-state index contributed by atoms with van der Waals surface area (Å²) in [6.45, 7) is 8.20. The Morgan fingerprint density at radius 3 is 2.62 bits per heavy atom. The van der Waals surface area contributed by atoms with Crippen molar-refractivity contribution in [3.05, 3.63) is 4.88 Å². The van der Waals surface area contributed by atoms with Gasteiger partial charge in [0.1, 0.15) is 10.7 Å². The van der Waals surface area contributed by atoms with Crippen molar-refractivity contribution < 1.29 is 4.79 Å². The molecule has 3 rings (SSSR count). The summed E-state index contributed by atoms with van der Waals surface area (Å²) in [6, 6.07) is 0. The molecule has 1 amide bonds. The maximum absolute atomic E-state index is 12.7. The molecule has 1 aromatic rings. The lowest BCUT2D eigenvalue weighted by Crippen LogP contribution is -2.42. The largest absolute Gasteiger partial charge is 0.382 e. The fourth-order valence-electron chi connectivity index (χ4n) is 3.11. The number of hydrogen-bond donors (Lipinski definition) is 1. The Morgan fingerprint density at radius 1 is 1.24 bits per heavy atom. The quantitative estimate of drug-likeness (QED) is 0.911. The Morgan fingerprint density at radius 2 is 1.95 bits per heavy atom. The van der Waals surface area contributed by atoms with E-state index < -0.39 is 0 Å². The lowest BCUT2D eigenvalue weighted by atomic mass is 9.88. The van der Waals surface area contributed by atoms with Crippen LogP contribution in [0.15, 0.2) is 0 Å². The van der Waals surface area contributed by atoms with Gasteiger partial charge in [0.25, 0.3) is 5.91 Å². The minimum Gasteiger partial charge on any atom is -0.382 e. The van der Waals surface area contributed by atoms with E-state index in [1.54, 1.807) is 0 Å². The number of aromatic nitrogens is 1. The fourth-order valence-corrected chi connectivity index (χ4v) is 4.11. The minimum absolute atomic E-state index is 0.0641. The number of nitrogens with zero attached hydrogens (tertiary/aromatic N) is 3. The Bertz CT molecular complexity index is 524. The molecular formula is C15H24N4OS. The third-order valence-electron chi connectivity index (χ3n) is 4.83. The number of likely N-dealkylation sites (tertiary alicyclic amines) is 1. The third kappa shape index (κ3) is 2.86. The Hall–Kier alpha value is -1.30. The molecule has 0 saturated carbocycles. The van der Waals surface area contributed by atoms with E-state index in [4.69, 9.17) is 5.73 Å². The number of hydrogen-bond acceptors (Lipinski definition) is 5. The first-order valence-corrected chi connectivity index (χ1v) is 8.68. The fraction of sp³-hybridized carbons (Fsp3) is 0.733. The number of carbonyl (C=O) groups is 1. The van der Waals surface area contributed by atoms with Crippen molar-refractivity contribution in [2.24, 2.45) is 11.8 Å². The minimum atomic E-state index is 0.0641. The van der Waals surface area contributed by atoms with Gasteiger partial charge in [0.15, 0.2) is 5.13 Å². The summed E-state index contributed by atoms with van der Waals surface area (Å²) >= 11 is 1.46. The standard InChI is InChI=1S/C15H24N4OS/c1-10-5-8-19(9-11(10)2)14(20)12-13(16)17-15(21-12)18-6-3-4-7-18/h10-11H,3-9,16H2,1-2H3. The van der Waals surface area contributed by atoms with Crippen molar-refractivity contribution in [1.82, 2.24) is 9.88 Å². The summed E-state index contributed by atoms with van der Waals surface area (Å²) in [4.78, 5) is 21.9. The lowest BCUT2D eigenvalue weighted by Gasteiger charge is -2.35. The van der Waals surface area contributed by atoms with Gasteiger partial charge in [-0.2, -0.15) is 0 Å². The lowest BCUT2D eigenvalue weighted by molar-refractivity contribution is 0.0633. The van der Waals surface area contributed by atoms with Crippen molar-refractivity contribution in [3.8, 4) is 0 Å². The van der Waals surface area contributed by atoms with Crippen LogP contribution >= 0.6 is 11.3 Å². The van der Waals surface area contributed by atoms with Gasteiger partial charge in [-0.05, 0) is 31.1 Å². The number of piperidine rings is 1. The maximum atomic E-state index is 12.7. The van der Waals surface area contributed by atoms with Crippen molar-refractivity contribution in [2.75, 3.05) is 36.8 Å². The highest BCUT2D eigenvalue weighted by Crippen LogP contribution is 2.32. The van der Waals surface area contributed by atoms with Crippen molar-refractivity contribution in [3.63, 3.8) is 0 Å². The molecule has 1 aromatic heterocycles. The molecule has 0 aromatic carbocycles. The van der Waals surface area contributed by atoms with Crippen LogP contribution < -0.4 is 10.6 Å². The highest BCUT2D eigenvalue weighted by atomic mass is 32.1. The molecular weight excluding hydrogens is 284 g/mol. The Labute approximate surface area is 130 Å². The number of anilines is 2. The van der Waals surface area contributed by atoms with E-state index in [2.05, 4.69) is 23.7 Å². The van der Waals surface area contributed by atoms with E-state index in [9.17, 15) is 4.79 Å². The topological polar surface area (TPSA) is 62.5 Å². The van der Waals surface area contributed by atoms with Gasteiger partial charge >= 0.3 is 0 Å². The summed E-state index contributed by atoms with van der Waals surface area (Å²) in [5, 5.41) is 0.909. The Kier molecular flexibility index (Phi) is 4.06. The number of amides is 1. The predicted molar refractivity (Wildman–Crippen MR) is 86.8 cm³/mol. The molecule has 2 atom stereocenters. The molecule has 6 heteroatoms. The molecule has 2 fully saturated rings. The SMILES string of the molecule is CC1CCN(C(=O)c2sc(N3CCCC3)nc2N)CC1C. The van der Waals surface area contributed by atoms with Crippen molar-refractivity contribution >= 4 is 28.2 Å². The summed E-state index contributed by atoms with van der Waals surface area (Å²) in [7, 11) is 0. The van der Waals surface area contributed by atoms with Crippen molar-refractivity contribution in [2.45, 2.75) is 33.1 Å². The summed E-state index contributed by atoms with van der Waals surface area (Å²) in [5.74, 6) is 1.70. The van der Waals surface area contributed by atoms with Gasteiger partial charge in [0.05, 0.1) is 0 Å². The number of nitrogens with two attached hydrogens (primary N) is 1. The van der Waals surface area contributed by atoms with E-state index in [-0.39, 0.29) is 5.91 Å². The van der Waals surface area contributed by atoms with Crippen LogP contribution in [0, 0.1) is 11.8 Å². The average Bonchev–Trinajstić information content (AvgIpc) is 3.10. The molecule has 21 heavy (non-hydrogen) atoms. The van der Waals surface area contributed by atoms with E-state index in [0.717, 1.165) is 37.7 Å². The van der Waals surface area contributed by atoms with Gasteiger partial charge in [-0.25, -0.2) is 4.98 Å². The van der Waals surface area contributed by atoms with Gasteiger partial charge in [-0.1, -0.05) is 25.2 Å². The molecule has 3 heterocycles. The van der Waals surface area contributed by atoms with Crippen LogP contribution in [0.1, 0.15) is 42.8 Å². The smallest absolute Gasteiger partial charge is 0.267 e. The van der Waals surface area contributed by atoms with Gasteiger partial charge < -0.3 is 15.5 Å². The normalized spacial score (nSPS) is 26.4. The molecule has 2 saturated heterocycles. The number of rotatable bonds is 2. The second-order valence-electron chi connectivity index (χ2n) is 6.40. The van der Waals surface area contributed by atoms with Crippen LogP contribution in [-0.4, -0.2) is 42.0 Å². The zero-order valence-corrected chi connectivity index (χ0v) is 13.7. The van der Waals surface area contributed by atoms with Crippen LogP contribution in [0.3, 0.4) is 0 Å². The molecule has 2 aliphatic rings. The molecule has 116 valence electrons. The van der Waals surface area contributed by atoms with Crippen LogP contribution in [-0.2, 0) is 0 Å². The van der Waals surface area contributed by atoms with Crippen LogP contribution in [0.25, 0.3) is 0 Å². The Balaban J connectivity index is 1.75. The molecule has 2 aliphatic heterocycles. The van der Waals surface area contributed by atoms with Crippen LogP contribution in [0.4, 0.5) is 10.9 Å². The molecule has 5 nitrogen and oxygen atoms in total. The van der Waals surface area contributed by atoms with E-state index in [0.29, 0.717) is 22.5 Å². The zero-order chi connectivity index (χ0) is 15.0. The summed E-state index contributed by atoms with van der Waals surface area (Å²) in [5.41, 5.74) is 6.00. The average molecular weight is 308 g/mol. The second-order valence-corrected chi connectivity index (χ2v) is 7.38. The number of carbonyl (C=O) groups excluding carboxylic acids is 1. The first kappa shape index (κ1) is 14.6. The third-order valence-corrected chi connectivity index (χ3v) is 5.95. The van der Waals surface area contributed by atoms with Gasteiger partial charge in [-0.15, -0.1) is 0 Å². The van der Waals surface area contributed by atoms with Gasteiger partial charge in [-0.3, -0.25) is 4.79 Å². The second kappa shape index (κ2) is 5.83. The number of nitrogen functional groups attached to an aromatic ring is 1. The molecule has 0 radical (unpaired) electrons. The maximum Gasteiger partial charge on any atom is 0.267 e. The first-order valence-electron chi connectivity index (χ1n) is 7.86. The van der Waals surface area contributed by atoms with Gasteiger partial charge in [0, 0.05) is 26.2 Å². The highest BCUT2D eigenvalue weighted by molar-refractivity contribution is 7.18. The monoisotopic (exact) mass is 308 g/mol.